The Hall–Kier alpha value is -0.120. The van der Waals surface area contributed by atoms with Crippen LogP contribution in [0.1, 0.15) is 24.8 Å². The predicted octanol–water partition coefficient (Wildman–Crippen LogP) is 4.60. The molecule has 2 fully saturated rings. The van der Waals surface area contributed by atoms with Gasteiger partial charge in [-0.25, -0.2) is 4.39 Å². The lowest BCUT2D eigenvalue weighted by molar-refractivity contribution is 0.0410. The van der Waals surface area contributed by atoms with E-state index < -0.39 is 0 Å². The Kier molecular flexibility index (Phi) is 3.89. The first-order valence-corrected chi connectivity index (χ1v) is 8.26. The van der Waals surface area contributed by atoms with Crippen LogP contribution in [0.2, 0.25) is 5.02 Å². The molecule has 1 aliphatic heterocycles. The highest BCUT2D eigenvalue weighted by Gasteiger charge is 2.50. The lowest BCUT2D eigenvalue weighted by Gasteiger charge is -2.33. The van der Waals surface area contributed by atoms with Crippen molar-refractivity contribution in [3.8, 4) is 0 Å². The lowest BCUT2D eigenvalue weighted by Crippen LogP contribution is -2.36. The van der Waals surface area contributed by atoms with E-state index in [2.05, 4.69) is 15.9 Å². The average Bonchev–Trinajstić information content (AvgIpc) is 3.16. The third-order valence-corrected chi connectivity index (χ3v) is 5.72. The van der Waals surface area contributed by atoms with Gasteiger partial charge in [-0.2, -0.15) is 0 Å². The zero-order chi connectivity index (χ0) is 13.5. The van der Waals surface area contributed by atoms with Gasteiger partial charge >= 0.3 is 0 Å². The van der Waals surface area contributed by atoms with Crippen molar-refractivity contribution in [2.45, 2.75) is 31.8 Å². The number of hydrogen-bond donors (Lipinski definition) is 0. The van der Waals surface area contributed by atoms with Crippen molar-refractivity contribution in [1.29, 1.82) is 0 Å². The molecule has 0 bridgehead atoms. The van der Waals surface area contributed by atoms with Crippen molar-refractivity contribution < 1.29 is 9.13 Å². The molecule has 4 heteroatoms. The van der Waals surface area contributed by atoms with Gasteiger partial charge in [-0.05, 0) is 55.4 Å². The fraction of sp³-hybridized carbons (Fsp3) is 0.600. The predicted molar refractivity (Wildman–Crippen MR) is 78.4 cm³/mol. The highest BCUT2D eigenvalue weighted by Crippen LogP contribution is 2.50. The van der Waals surface area contributed by atoms with Crippen molar-refractivity contribution in [3.05, 3.63) is 34.6 Å². The van der Waals surface area contributed by atoms with Gasteiger partial charge in [-0.15, -0.1) is 0 Å². The highest BCUT2D eigenvalue weighted by atomic mass is 79.9. The van der Waals surface area contributed by atoms with Crippen molar-refractivity contribution in [1.82, 2.24) is 0 Å². The Labute approximate surface area is 126 Å². The summed E-state index contributed by atoms with van der Waals surface area (Å²) < 4.78 is 19.9. The first-order chi connectivity index (χ1) is 9.14. The second kappa shape index (κ2) is 5.34. The summed E-state index contributed by atoms with van der Waals surface area (Å²) in [5.74, 6) is 0.508. The van der Waals surface area contributed by atoms with E-state index in [0.717, 1.165) is 18.4 Å². The average molecular weight is 348 g/mol. The summed E-state index contributed by atoms with van der Waals surface area (Å²) in [5, 5.41) is 1.45. The molecule has 0 aromatic heterocycles. The quantitative estimate of drug-likeness (QED) is 0.723. The second-order valence-electron chi connectivity index (χ2n) is 5.79. The molecule has 3 rings (SSSR count). The van der Waals surface area contributed by atoms with Crippen LogP contribution in [-0.4, -0.2) is 18.0 Å². The molecule has 1 aromatic carbocycles. The molecule has 1 nitrogen and oxygen atoms in total. The molecule has 19 heavy (non-hydrogen) atoms. The number of benzene rings is 1. The number of halogens is 3. The molecule has 2 aliphatic rings. The minimum absolute atomic E-state index is 0.0205. The molecule has 0 radical (unpaired) electrons. The Morgan fingerprint density at radius 3 is 2.89 bits per heavy atom. The van der Waals surface area contributed by atoms with Gasteiger partial charge in [-0.3, -0.25) is 0 Å². The molecule has 1 saturated heterocycles. The maximum absolute atomic E-state index is 14.0. The first kappa shape index (κ1) is 13.8. The monoisotopic (exact) mass is 346 g/mol. The Morgan fingerprint density at radius 1 is 1.42 bits per heavy atom. The molecule has 0 N–H and O–H groups in total. The number of hydrogen-bond acceptors (Lipinski definition) is 1. The molecule has 2 atom stereocenters. The van der Waals surface area contributed by atoms with Crippen LogP contribution < -0.4 is 0 Å². The van der Waals surface area contributed by atoms with Crippen LogP contribution in [0.25, 0.3) is 0 Å². The lowest BCUT2D eigenvalue weighted by atomic mass is 9.76. The summed E-state index contributed by atoms with van der Waals surface area (Å²) in [6, 6.07) is 4.82. The van der Waals surface area contributed by atoms with Gasteiger partial charge < -0.3 is 4.74 Å². The fourth-order valence-corrected chi connectivity index (χ4v) is 4.17. The molecule has 1 saturated carbocycles. The minimum Gasteiger partial charge on any atom is -0.377 e. The van der Waals surface area contributed by atoms with E-state index in [4.69, 9.17) is 16.3 Å². The zero-order valence-electron chi connectivity index (χ0n) is 10.7. The molecule has 1 aromatic rings. The van der Waals surface area contributed by atoms with Crippen LogP contribution in [0.3, 0.4) is 0 Å². The summed E-state index contributed by atoms with van der Waals surface area (Å²) in [6.07, 6.45) is 4.46. The van der Waals surface area contributed by atoms with Gasteiger partial charge in [0.2, 0.25) is 0 Å². The van der Waals surface area contributed by atoms with Gasteiger partial charge in [-0.1, -0.05) is 27.5 Å². The van der Waals surface area contributed by atoms with Crippen LogP contribution >= 0.6 is 27.5 Å². The number of rotatable bonds is 4. The summed E-state index contributed by atoms with van der Waals surface area (Å²) in [6.45, 7) is 0.787. The summed E-state index contributed by atoms with van der Waals surface area (Å²) in [5.41, 5.74) is 0.732. The van der Waals surface area contributed by atoms with Gasteiger partial charge in [0.15, 0.2) is 0 Å². The van der Waals surface area contributed by atoms with E-state index in [-0.39, 0.29) is 17.3 Å². The van der Waals surface area contributed by atoms with E-state index in [1.54, 1.807) is 12.1 Å². The molecule has 104 valence electrons. The third kappa shape index (κ3) is 2.70. The first-order valence-electron chi connectivity index (χ1n) is 6.76. The van der Waals surface area contributed by atoms with Gasteiger partial charge in [0.25, 0.3) is 0 Å². The van der Waals surface area contributed by atoms with Crippen molar-refractivity contribution in [2.24, 2.45) is 11.3 Å². The van der Waals surface area contributed by atoms with E-state index in [1.807, 2.05) is 0 Å². The smallest absolute Gasteiger partial charge is 0.126 e. The SMILES string of the molecule is Fc1ccc(Cl)cc1CC1(CBr)CCOC1C1CC1. The molecule has 1 aliphatic carbocycles. The van der Waals surface area contributed by atoms with Crippen LogP contribution in [0.15, 0.2) is 18.2 Å². The standard InChI is InChI=1S/C15H17BrClFO/c16-9-15(5-6-19-14(15)10-1-2-10)8-11-7-12(17)3-4-13(11)18/h3-4,7,10,14H,1-2,5-6,8-9H2. The Bertz CT molecular complexity index is 477. The highest BCUT2D eigenvalue weighted by molar-refractivity contribution is 9.09. The normalized spacial score (nSPS) is 30.8. The van der Waals surface area contributed by atoms with Crippen LogP contribution in [0.4, 0.5) is 4.39 Å². The largest absolute Gasteiger partial charge is 0.377 e. The summed E-state index contributed by atoms with van der Waals surface area (Å²) in [7, 11) is 0. The molecule has 1 heterocycles. The number of ether oxygens (including phenoxy) is 1. The molecular formula is C15H17BrClFO. The maximum atomic E-state index is 14.0. The topological polar surface area (TPSA) is 9.23 Å². The van der Waals surface area contributed by atoms with Gasteiger partial charge in [0, 0.05) is 22.4 Å². The second-order valence-corrected chi connectivity index (χ2v) is 6.78. The Balaban J connectivity index is 1.87. The maximum Gasteiger partial charge on any atom is 0.126 e. The van der Waals surface area contributed by atoms with Crippen molar-refractivity contribution in [2.75, 3.05) is 11.9 Å². The number of alkyl halides is 1. The zero-order valence-corrected chi connectivity index (χ0v) is 13.0. The minimum atomic E-state index is -0.161. The summed E-state index contributed by atoms with van der Waals surface area (Å²) in [4.78, 5) is 0. The van der Waals surface area contributed by atoms with Crippen molar-refractivity contribution in [3.63, 3.8) is 0 Å². The van der Waals surface area contributed by atoms with E-state index >= 15 is 0 Å². The van der Waals surface area contributed by atoms with Gasteiger partial charge in [0.05, 0.1) is 6.10 Å². The van der Waals surface area contributed by atoms with Crippen molar-refractivity contribution >= 4 is 27.5 Å². The van der Waals surface area contributed by atoms with Crippen LogP contribution in [0.5, 0.6) is 0 Å². The van der Waals surface area contributed by atoms with E-state index in [1.165, 1.54) is 18.9 Å². The summed E-state index contributed by atoms with van der Waals surface area (Å²) >= 11 is 9.63. The van der Waals surface area contributed by atoms with Gasteiger partial charge in [0.1, 0.15) is 5.82 Å². The fourth-order valence-electron chi connectivity index (χ4n) is 3.18. The van der Waals surface area contributed by atoms with E-state index in [9.17, 15) is 4.39 Å². The molecular weight excluding hydrogens is 331 g/mol. The van der Waals surface area contributed by atoms with Crippen LogP contribution in [0, 0.1) is 17.2 Å². The Morgan fingerprint density at radius 2 is 2.21 bits per heavy atom. The molecule has 0 amide bonds. The van der Waals surface area contributed by atoms with Crippen LogP contribution in [-0.2, 0) is 11.2 Å². The molecule has 0 spiro atoms. The van der Waals surface area contributed by atoms with E-state index in [0.29, 0.717) is 22.9 Å². The molecule has 2 unspecified atom stereocenters. The third-order valence-electron chi connectivity index (χ3n) is 4.37.